The van der Waals surface area contributed by atoms with E-state index in [1.807, 2.05) is 27.7 Å². The van der Waals surface area contributed by atoms with Gasteiger partial charge >= 0.3 is 5.97 Å². The van der Waals surface area contributed by atoms with Gasteiger partial charge in [-0.2, -0.15) is 0 Å². The number of esters is 1. The van der Waals surface area contributed by atoms with Gasteiger partial charge in [-0.05, 0) is 0 Å². The van der Waals surface area contributed by atoms with Gasteiger partial charge in [-0.15, -0.1) is 0 Å². The summed E-state index contributed by atoms with van der Waals surface area (Å²) in [4.78, 5) is 21.7. The Morgan fingerprint density at radius 2 is 1.55 bits per heavy atom. The molecule has 0 bridgehead atoms. The summed E-state index contributed by atoms with van der Waals surface area (Å²) in [6.07, 6.45) is 0.477. The van der Waals surface area contributed by atoms with Crippen LogP contribution in [-0.2, 0) is 23.8 Å². The third-order valence-electron chi connectivity index (χ3n) is 2.72. The van der Waals surface area contributed by atoms with Crippen molar-refractivity contribution in [3.8, 4) is 0 Å². The maximum absolute atomic E-state index is 10.9. The summed E-state index contributed by atoms with van der Waals surface area (Å²) in [7, 11) is 0. The number of hydrogen-bond donors (Lipinski definition) is 1. The Labute approximate surface area is 134 Å². The number of amides is 1. The largest absolute Gasteiger partial charge is 0.463 e. The molecular weight excluding hydrogens is 286 g/mol. The average Bonchev–Trinajstić information content (AvgIpc) is 3.27. The van der Waals surface area contributed by atoms with E-state index >= 15 is 0 Å². The molecule has 2 fully saturated rings. The van der Waals surface area contributed by atoms with Gasteiger partial charge in [0.1, 0.15) is 12.7 Å². The smallest absolute Gasteiger partial charge is 0.308 e. The van der Waals surface area contributed by atoms with E-state index in [1.54, 1.807) is 0 Å². The summed E-state index contributed by atoms with van der Waals surface area (Å²) in [6, 6.07) is 0. The first kappa shape index (κ1) is 23.1. The quantitative estimate of drug-likeness (QED) is 0.598. The van der Waals surface area contributed by atoms with Gasteiger partial charge in [-0.25, -0.2) is 0 Å². The van der Waals surface area contributed by atoms with Crippen LogP contribution in [0.15, 0.2) is 0 Å². The summed E-state index contributed by atoms with van der Waals surface area (Å²) in [5, 5.41) is 2.78. The molecule has 2 heterocycles. The monoisotopic (exact) mass is 319 g/mol. The van der Waals surface area contributed by atoms with E-state index in [-0.39, 0.29) is 44.7 Å². The van der Waals surface area contributed by atoms with E-state index in [0.717, 1.165) is 13.2 Å². The summed E-state index contributed by atoms with van der Waals surface area (Å²) in [6.45, 7) is 10.0. The second-order valence-corrected chi connectivity index (χ2v) is 5.60. The lowest BCUT2D eigenvalue weighted by Crippen LogP contribution is -2.30. The number of epoxide rings is 2. The van der Waals surface area contributed by atoms with Crippen LogP contribution in [0.3, 0.4) is 0 Å². The van der Waals surface area contributed by atoms with Crippen LogP contribution in [0, 0.1) is 11.8 Å². The van der Waals surface area contributed by atoms with Gasteiger partial charge < -0.3 is 19.5 Å². The van der Waals surface area contributed by atoms with E-state index in [0.29, 0.717) is 19.3 Å². The lowest BCUT2D eigenvalue weighted by atomic mass is 10.2. The highest BCUT2D eigenvalue weighted by molar-refractivity contribution is 5.77. The van der Waals surface area contributed by atoms with Gasteiger partial charge in [0.05, 0.1) is 25.2 Å². The first-order valence-corrected chi connectivity index (χ1v) is 7.07. The second kappa shape index (κ2) is 11.4. The minimum absolute atomic E-state index is 0. The Balaban J connectivity index is 0. The molecule has 6 nitrogen and oxygen atoms in total. The summed E-state index contributed by atoms with van der Waals surface area (Å²) >= 11 is 0. The summed E-state index contributed by atoms with van der Waals surface area (Å²) in [5.74, 6) is 0.0171. The van der Waals surface area contributed by atoms with Crippen molar-refractivity contribution in [1.29, 1.82) is 0 Å². The molecule has 0 aromatic heterocycles. The normalized spacial score (nSPS) is 20.8. The highest BCUT2D eigenvalue weighted by Crippen LogP contribution is 2.09. The third-order valence-corrected chi connectivity index (χ3v) is 2.72. The van der Waals surface area contributed by atoms with Crippen LogP contribution >= 0.6 is 0 Å². The molecule has 0 saturated carbocycles. The molecule has 0 aromatic rings. The molecule has 2 rings (SSSR count). The molecule has 132 valence electrons. The van der Waals surface area contributed by atoms with Crippen LogP contribution in [0.1, 0.15) is 42.5 Å². The van der Waals surface area contributed by atoms with E-state index in [9.17, 15) is 9.59 Å². The zero-order valence-electron chi connectivity index (χ0n) is 12.7. The highest BCUT2D eigenvalue weighted by Gasteiger charge is 2.24. The third kappa shape index (κ3) is 11.5. The molecule has 2 aliphatic rings. The van der Waals surface area contributed by atoms with Crippen molar-refractivity contribution in [3.63, 3.8) is 0 Å². The first-order chi connectivity index (χ1) is 9.40. The lowest BCUT2D eigenvalue weighted by Gasteiger charge is -2.04. The molecule has 6 heteroatoms. The van der Waals surface area contributed by atoms with E-state index < -0.39 is 0 Å². The van der Waals surface area contributed by atoms with Gasteiger partial charge in [0.25, 0.3) is 0 Å². The molecule has 0 spiro atoms. The summed E-state index contributed by atoms with van der Waals surface area (Å²) in [5.41, 5.74) is 0. The van der Waals surface area contributed by atoms with Gasteiger partial charge in [0.15, 0.2) is 0 Å². The number of nitrogens with one attached hydrogen (secondary N) is 1. The minimum Gasteiger partial charge on any atom is -0.463 e. The molecule has 2 unspecified atom stereocenters. The fourth-order valence-electron chi connectivity index (χ4n) is 1.11. The van der Waals surface area contributed by atoms with Crippen molar-refractivity contribution in [3.05, 3.63) is 0 Å². The minimum atomic E-state index is -0.143. The Morgan fingerprint density at radius 1 is 1.05 bits per heavy atom. The van der Waals surface area contributed by atoms with Crippen molar-refractivity contribution in [2.75, 3.05) is 26.4 Å². The molecule has 2 aliphatic heterocycles. The van der Waals surface area contributed by atoms with Crippen molar-refractivity contribution in [1.82, 2.24) is 5.32 Å². The standard InChI is InChI=1S/C7H13NO2.C7H12O3.2CH4/c1-5(2)7(9)8-3-6-4-10-6;1-5(2)7(8)10-4-6-3-9-6;;/h5-6H,3-4H2,1-2H3,(H,8,9);5-6H,3-4H2,1-2H3;2*1H4. The number of rotatable bonds is 6. The average molecular weight is 319 g/mol. The van der Waals surface area contributed by atoms with Crippen molar-refractivity contribution in [2.24, 2.45) is 11.8 Å². The fourth-order valence-corrected chi connectivity index (χ4v) is 1.11. The maximum Gasteiger partial charge on any atom is 0.308 e. The predicted molar refractivity (Wildman–Crippen MR) is 86.6 cm³/mol. The SMILES string of the molecule is C.C.CC(C)C(=O)NCC1CO1.CC(C)C(=O)OCC1CO1. The topological polar surface area (TPSA) is 80.5 Å². The van der Waals surface area contributed by atoms with Crippen LogP contribution in [0.2, 0.25) is 0 Å². The first-order valence-electron chi connectivity index (χ1n) is 7.07. The Bertz CT molecular complexity index is 290. The lowest BCUT2D eigenvalue weighted by molar-refractivity contribution is -0.147. The van der Waals surface area contributed by atoms with Crippen LogP contribution in [0.4, 0.5) is 0 Å². The van der Waals surface area contributed by atoms with Gasteiger partial charge in [-0.1, -0.05) is 42.5 Å². The maximum atomic E-state index is 10.9. The summed E-state index contributed by atoms with van der Waals surface area (Å²) < 4.78 is 14.6. The van der Waals surface area contributed by atoms with E-state index in [4.69, 9.17) is 14.2 Å². The van der Waals surface area contributed by atoms with Crippen LogP contribution in [0.5, 0.6) is 0 Å². The van der Waals surface area contributed by atoms with Crippen molar-refractivity contribution in [2.45, 2.75) is 54.8 Å². The molecule has 2 saturated heterocycles. The number of carbonyl (C=O) groups is 2. The number of hydrogen-bond acceptors (Lipinski definition) is 5. The molecule has 1 amide bonds. The highest BCUT2D eigenvalue weighted by atomic mass is 16.6. The predicted octanol–water partition coefficient (Wildman–Crippen LogP) is 2.01. The van der Waals surface area contributed by atoms with E-state index in [1.165, 1.54) is 0 Å². The molecule has 1 N–H and O–H groups in total. The molecule has 0 aromatic carbocycles. The molecule has 0 aliphatic carbocycles. The van der Waals surface area contributed by atoms with Crippen LogP contribution in [-0.4, -0.2) is 50.4 Å². The second-order valence-electron chi connectivity index (χ2n) is 5.60. The zero-order valence-corrected chi connectivity index (χ0v) is 12.7. The van der Waals surface area contributed by atoms with Gasteiger partial charge in [-0.3, -0.25) is 9.59 Å². The Kier molecular flexibility index (Phi) is 12.0. The van der Waals surface area contributed by atoms with Gasteiger partial charge in [0.2, 0.25) is 5.91 Å². The number of ether oxygens (including phenoxy) is 3. The Hall–Kier alpha value is -1.14. The molecule has 0 radical (unpaired) electrons. The van der Waals surface area contributed by atoms with E-state index in [2.05, 4.69) is 5.32 Å². The Morgan fingerprint density at radius 3 is 1.91 bits per heavy atom. The zero-order chi connectivity index (χ0) is 15.1. The fraction of sp³-hybridized carbons (Fsp3) is 0.875. The van der Waals surface area contributed by atoms with Crippen LogP contribution < -0.4 is 5.32 Å². The van der Waals surface area contributed by atoms with Crippen molar-refractivity contribution < 1.29 is 23.8 Å². The van der Waals surface area contributed by atoms with Crippen LogP contribution in [0.25, 0.3) is 0 Å². The number of carbonyl (C=O) groups excluding carboxylic acids is 2. The van der Waals surface area contributed by atoms with Gasteiger partial charge in [0, 0.05) is 12.5 Å². The molecule has 22 heavy (non-hydrogen) atoms. The molecule has 2 atom stereocenters. The molecular formula is C16H33NO5. The van der Waals surface area contributed by atoms with Crippen molar-refractivity contribution >= 4 is 11.9 Å².